The molecule has 21 heavy (non-hydrogen) atoms. The number of methoxy groups -OCH3 is 1. The third kappa shape index (κ3) is 3.58. The normalized spacial score (nSPS) is 12.2. The van der Waals surface area contributed by atoms with Crippen LogP contribution in [-0.4, -0.2) is 13.7 Å². The van der Waals surface area contributed by atoms with Gasteiger partial charge in [0, 0.05) is 10.6 Å². The molecule has 2 aromatic rings. The van der Waals surface area contributed by atoms with E-state index in [-0.39, 0.29) is 6.04 Å². The fourth-order valence-electron chi connectivity index (χ4n) is 2.54. The topological polar surface area (TPSA) is 21.3 Å². The summed E-state index contributed by atoms with van der Waals surface area (Å²) in [7, 11) is 1.71. The average Bonchev–Trinajstić information content (AvgIpc) is 2.48. The maximum absolute atomic E-state index is 6.15. The number of halogens is 1. The number of hydrogen-bond donors (Lipinski definition) is 1. The quantitative estimate of drug-likeness (QED) is 0.867. The van der Waals surface area contributed by atoms with Crippen molar-refractivity contribution < 1.29 is 4.74 Å². The van der Waals surface area contributed by atoms with Crippen molar-refractivity contribution in [3.8, 4) is 5.75 Å². The minimum atomic E-state index is 0.0980. The van der Waals surface area contributed by atoms with E-state index >= 15 is 0 Å². The van der Waals surface area contributed by atoms with Crippen molar-refractivity contribution in [2.24, 2.45) is 0 Å². The molecule has 0 radical (unpaired) electrons. The molecule has 0 aliphatic rings. The largest absolute Gasteiger partial charge is 0.496 e. The molecule has 0 aliphatic carbocycles. The highest BCUT2D eigenvalue weighted by Gasteiger charge is 2.18. The summed E-state index contributed by atoms with van der Waals surface area (Å²) in [6.45, 7) is 7.11. The second-order valence-electron chi connectivity index (χ2n) is 5.24. The first-order chi connectivity index (χ1) is 10.1. The number of aryl methyl sites for hydroxylation is 2. The van der Waals surface area contributed by atoms with Crippen molar-refractivity contribution in [3.63, 3.8) is 0 Å². The van der Waals surface area contributed by atoms with Crippen molar-refractivity contribution in [1.82, 2.24) is 5.32 Å². The van der Waals surface area contributed by atoms with E-state index in [4.69, 9.17) is 16.3 Å². The molecular weight excluding hydrogens is 282 g/mol. The van der Waals surface area contributed by atoms with Gasteiger partial charge in [-0.05, 0) is 43.7 Å². The number of nitrogens with one attached hydrogen (secondary N) is 1. The average molecular weight is 304 g/mol. The minimum Gasteiger partial charge on any atom is -0.496 e. The number of benzene rings is 2. The van der Waals surface area contributed by atoms with E-state index in [9.17, 15) is 0 Å². The van der Waals surface area contributed by atoms with Gasteiger partial charge in [0.2, 0.25) is 0 Å². The maximum Gasteiger partial charge on any atom is 0.123 e. The molecule has 0 bridgehead atoms. The van der Waals surface area contributed by atoms with Gasteiger partial charge in [0.25, 0.3) is 0 Å². The van der Waals surface area contributed by atoms with Gasteiger partial charge >= 0.3 is 0 Å². The van der Waals surface area contributed by atoms with Gasteiger partial charge in [-0.2, -0.15) is 0 Å². The zero-order valence-corrected chi connectivity index (χ0v) is 13.8. The predicted molar refractivity (Wildman–Crippen MR) is 89.4 cm³/mol. The summed E-state index contributed by atoms with van der Waals surface area (Å²) in [6, 6.07) is 12.5. The molecule has 0 fully saturated rings. The molecule has 0 spiro atoms. The lowest BCUT2D eigenvalue weighted by atomic mass is 9.95. The van der Waals surface area contributed by atoms with Crippen LogP contribution in [0, 0.1) is 13.8 Å². The zero-order chi connectivity index (χ0) is 15.4. The number of hydrogen-bond acceptors (Lipinski definition) is 2. The summed E-state index contributed by atoms with van der Waals surface area (Å²) >= 11 is 6.15. The van der Waals surface area contributed by atoms with Gasteiger partial charge in [-0.1, -0.05) is 48.4 Å². The summed E-state index contributed by atoms with van der Waals surface area (Å²) in [5, 5.41) is 4.34. The molecule has 1 unspecified atom stereocenters. The Kier molecular flexibility index (Phi) is 5.27. The molecule has 0 heterocycles. The van der Waals surface area contributed by atoms with Crippen LogP contribution in [0.2, 0.25) is 5.02 Å². The SMILES string of the molecule is CCNC(c1ccc(Cl)c(C)c1)c1cc(C)ccc1OC. The van der Waals surface area contributed by atoms with E-state index in [1.165, 1.54) is 11.1 Å². The van der Waals surface area contributed by atoms with Crippen LogP contribution >= 0.6 is 11.6 Å². The Morgan fingerprint density at radius 3 is 2.52 bits per heavy atom. The van der Waals surface area contributed by atoms with E-state index in [2.05, 4.69) is 43.4 Å². The summed E-state index contributed by atoms with van der Waals surface area (Å²) in [6.07, 6.45) is 0. The van der Waals surface area contributed by atoms with Crippen molar-refractivity contribution in [2.75, 3.05) is 13.7 Å². The molecule has 0 aromatic heterocycles. The maximum atomic E-state index is 6.15. The molecule has 2 rings (SSSR count). The van der Waals surface area contributed by atoms with Crippen molar-refractivity contribution in [3.05, 3.63) is 63.7 Å². The Bertz CT molecular complexity index is 625. The molecule has 0 saturated carbocycles. The molecule has 2 aromatic carbocycles. The van der Waals surface area contributed by atoms with Crippen LogP contribution in [0.25, 0.3) is 0 Å². The van der Waals surface area contributed by atoms with E-state index < -0.39 is 0 Å². The lowest BCUT2D eigenvalue weighted by molar-refractivity contribution is 0.404. The van der Waals surface area contributed by atoms with Gasteiger partial charge < -0.3 is 10.1 Å². The first-order valence-electron chi connectivity index (χ1n) is 7.20. The van der Waals surface area contributed by atoms with Gasteiger partial charge in [-0.3, -0.25) is 0 Å². The highest BCUT2D eigenvalue weighted by atomic mass is 35.5. The van der Waals surface area contributed by atoms with E-state index in [0.29, 0.717) is 0 Å². The van der Waals surface area contributed by atoms with Crippen molar-refractivity contribution in [1.29, 1.82) is 0 Å². The molecular formula is C18H22ClNO. The first kappa shape index (κ1) is 15.9. The van der Waals surface area contributed by atoms with Crippen LogP contribution in [-0.2, 0) is 0 Å². The highest BCUT2D eigenvalue weighted by Crippen LogP contribution is 2.32. The van der Waals surface area contributed by atoms with E-state index in [1.54, 1.807) is 7.11 Å². The Balaban J connectivity index is 2.52. The highest BCUT2D eigenvalue weighted by molar-refractivity contribution is 6.31. The smallest absolute Gasteiger partial charge is 0.123 e. The van der Waals surface area contributed by atoms with Crippen molar-refractivity contribution in [2.45, 2.75) is 26.8 Å². The van der Waals surface area contributed by atoms with Crippen LogP contribution < -0.4 is 10.1 Å². The molecule has 1 atom stereocenters. The lowest BCUT2D eigenvalue weighted by Gasteiger charge is -2.22. The van der Waals surface area contributed by atoms with E-state index in [0.717, 1.165) is 28.4 Å². The Hall–Kier alpha value is -1.51. The molecule has 3 heteroatoms. The fraction of sp³-hybridized carbons (Fsp3) is 0.333. The van der Waals surface area contributed by atoms with Crippen LogP contribution in [0.5, 0.6) is 5.75 Å². The van der Waals surface area contributed by atoms with Gasteiger partial charge in [0.15, 0.2) is 0 Å². The van der Waals surface area contributed by atoms with Crippen LogP contribution in [0.4, 0.5) is 0 Å². The van der Waals surface area contributed by atoms with Gasteiger partial charge in [0.05, 0.1) is 13.2 Å². The molecule has 112 valence electrons. The third-order valence-electron chi connectivity index (χ3n) is 3.62. The fourth-order valence-corrected chi connectivity index (χ4v) is 2.66. The molecule has 1 N–H and O–H groups in total. The van der Waals surface area contributed by atoms with Gasteiger partial charge in [0.1, 0.15) is 5.75 Å². The Morgan fingerprint density at radius 2 is 1.90 bits per heavy atom. The van der Waals surface area contributed by atoms with Gasteiger partial charge in [-0.25, -0.2) is 0 Å². The molecule has 0 saturated heterocycles. The molecule has 0 aliphatic heterocycles. The van der Waals surface area contributed by atoms with Crippen LogP contribution in [0.15, 0.2) is 36.4 Å². The van der Waals surface area contributed by atoms with Gasteiger partial charge in [-0.15, -0.1) is 0 Å². The Labute approximate surface area is 132 Å². The monoisotopic (exact) mass is 303 g/mol. The van der Waals surface area contributed by atoms with Crippen LogP contribution in [0.1, 0.15) is 35.2 Å². The predicted octanol–water partition coefficient (Wildman–Crippen LogP) is 4.66. The summed E-state index contributed by atoms with van der Waals surface area (Å²) < 4.78 is 5.54. The lowest BCUT2D eigenvalue weighted by Crippen LogP contribution is -2.22. The number of ether oxygens (including phenoxy) is 1. The number of rotatable bonds is 5. The summed E-state index contributed by atoms with van der Waals surface area (Å²) in [5.41, 5.74) is 4.66. The molecule has 2 nitrogen and oxygen atoms in total. The second-order valence-corrected chi connectivity index (χ2v) is 5.65. The first-order valence-corrected chi connectivity index (χ1v) is 7.58. The second kappa shape index (κ2) is 6.97. The van der Waals surface area contributed by atoms with E-state index in [1.807, 2.05) is 19.1 Å². The Morgan fingerprint density at radius 1 is 1.14 bits per heavy atom. The minimum absolute atomic E-state index is 0.0980. The molecule has 0 amide bonds. The zero-order valence-electron chi connectivity index (χ0n) is 13.0. The summed E-state index contributed by atoms with van der Waals surface area (Å²) in [4.78, 5) is 0. The van der Waals surface area contributed by atoms with Crippen molar-refractivity contribution >= 4 is 11.6 Å². The summed E-state index contributed by atoms with van der Waals surface area (Å²) in [5.74, 6) is 0.902. The van der Waals surface area contributed by atoms with Crippen LogP contribution in [0.3, 0.4) is 0 Å². The third-order valence-corrected chi connectivity index (χ3v) is 4.04. The standard InChI is InChI=1S/C18H22ClNO/c1-5-20-18(14-7-8-16(19)13(3)11-14)15-10-12(2)6-9-17(15)21-4/h6-11,18,20H,5H2,1-4H3.